The van der Waals surface area contributed by atoms with Crippen molar-refractivity contribution >= 4 is 45.1 Å². The Bertz CT molecular complexity index is 1450. The molecule has 1 aliphatic carbocycles. The van der Waals surface area contributed by atoms with E-state index in [-0.39, 0.29) is 11.8 Å². The maximum absolute atomic E-state index is 12.3. The van der Waals surface area contributed by atoms with Gasteiger partial charge in [-0.25, -0.2) is 15.0 Å². The van der Waals surface area contributed by atoms with Crippen LogP contribution in [0.5, 0.6) is 0 Å². The van der Waals surface area contributed by atoms with Gasteiger partial charge in [-0.1, -0.05) is 0 Å². The number of anilines is 3. The van der Waals surface area contributed by atoms with Crippen molar-refractivity contribution < 1.29 is 13.9 Å². The van der Waals surface area contributed by atoms with Crippen LogP contribution in [-0.4, -0.2) is 54.2 Å². The van der Waals surface area contributed by atoms with Gasteiger partial charge in [0.25, 0.3) is 0 Å². The highest BCUT2D eigenvalue weighted by atomic mass is 16.5. The van der Waals surface area contributed by atoms with Crippen molar-refractivity contribution in [3.63, 3.8) is 0 Å². The van der Waals surface area contributed by atoms with Crippen LogP contribution in [0.3, 0.4) is 0 Å². The first-order chi connectivity index (χ1) is 17.2. The van der Waals surface area contributed by atoms with Crippen LogP contribution >= 0.6 is 0 Å². The minimum atomic E-state index is 0.0216. The first kappa shape index (κ1) is 20.6. The number of pyridine rings is 2. The van der Waals surface area contributed by atoms with Crippen molar-refractivity contribution in [2.75, 3.05) is 48.9 Å². The number of amides is 1. The van der Waals surface area contributed by atoms with Crippen LogP contribution in [0.25, 0.3) is 33.3 Å². The number of hydrogen-bond donors (Lipinski definition) is 2. The molecule has 2 aliphatic heterocycles. The molecule has 9 heteroatoms. The summed E-state index contributed by atoms with van der Waals surface area (Å²) in [5.41, 5.74) is 3.46. The van der Waals surface area contributed by atoms with Crippen LogP contribution in [0.1, 0.15) is 12.8 Å². The summed E-state index contributed by atoms with van der Waals surface area (Å²) in [6.07, 6.45) is 5.37. The maximum atomic E-state index is 12.3. The van der Waals surface area contributed by atoms with E-state index in [1.807, 2.05) is 19.2 Å². The fraction of sp³-hybridized carbons (Fsp3) is 0.385. The highest BCUT2D eigenvalue weighted by Crippen LogP contribution is 2.37. The van der Waals surface area contributed by atoms with Gasteiger partial charge in [-0.15, -0.1) is 0 Å². The number of nitrogens with zero attached hydrogens (tertiary/aromatic N) is 4. The van der Waals surface area contributed by atoms with Gasteiger partial charge in [-0.05, 0) is 37.1 Å². The molecule has 1 saturated carbocycles. The lowest BCUT2D eigenvalue weighted by Gasteiger charge is -2.19. The molecule has 3 aliphatic rings. The Morgan fingerprint density at radius 3 is 2.66 bits per heavy atom. The number of rotatable bonds is 5. The second-order valence-electron chi connectivity index (χ2n) is 9.78. The molecule has 2 atom stereocenters. The lowest BCUT2D eigenvalue weighted by atomic mass is 10.0. The van der Waals surface area contributed by atoms with Gasteiger partial charge in [-0.2, -0.15) is 0 Å². The fourth-order valence-corrected chi connectivity index (χ4v) is 5.27. The van der Waals surface area contributed by atoms with Crippen LogP contribution in [0.4, 0.5) is 17.3 Å². The predicted molar refractivity (Wildman–Crippen MR) is 133 cm³/mol. The number of carbonyl (C=O) groups is 1. The Morgan fingerprint density at radius 1 is 1.06 bits per heavy atom. The third-order valence-corrected chi connectivity index (χ3v) is 7.42. The number of carbonyl (C=O) groups excluding carboxylic acids is 1. The summed E-state index contributed by atoms with van der Waals surface area (Å²) in [5.74, 6) is 3.08. The van der Waals surface area contributed by atoms with Gasteiger partial charge >= 0.3 is 0 Å². The molecule has 35 heavy (non-hydrogen) atoms. The van der Waals surface area contributed by atoms with Crippen LogP contribution in [0, 0.1) is 17.8 Å². The maximum Gasteiger partial charge on any atom is 0.229 e. The van der Waals surface area contributed by atoms with Crippen LogP contribution in [0.15, 0.2) is 41.1 Å². The number of ether oxygens (including phenoxy) is 1. The van der Waals surface area contributed by atoms with Gasteiger partial charge < -0.3 is 24.7 Å². The highest BCUT2D eigenvalue weighted by molar-refractivity contribution is 6.03. The lowest BCUT2D eigenvalue weighted by molar-refractivity contribution is -0.117. The van der Waals surface area contributed by atoms with Crippen LogP contribution < -0.4 is 15.5 Å². The molecule has 9 nitrogen and oxygen atoms in total. The molecule has 0 radical (unpaired) electrons. The lowest BCUT2D eigenvalue weighted by Crippen LogP contribution is -2.21. The molecule has 7 rings (SSSR count). The van der Waals surface area contributed by atoms with Crippen molar-refractivity contribution in [3.8, 4) is 11.5 Å². The zero-order chi connectivity index (χ0) is 23.5. The quantitative estimate of drug-likeness (QED) is 0.452. The molecule has 0 spiro atoms. The largest absolute Gasteiger partial charge is 0.436 e. The molecule has 2 saturated heterocycles. The van der Waals surface area contributed by atoms with Crippen molar-refractivity contribution in [3.05, 3.63) is 36.7 Å². The molecular formula is C26H26N6O3. The molecule has 0 unspecified atom stereocenters. The monoisotopic (exact) mass is 470 g/mol. The number of benzene rings is 1. The van der Waals surface area contributed by atoms with E-state index in [4.69, 9.17) is 14.1 Å². The number of nitrogens with one attached hydrogen (secondary N) is 2. The molecule has 178 valence electrons. The number of aromatic nitrogens is 3. The summed E-state index contributed by atoms with van der Waals surface area (Å²) < 4.78 is 11.8. The van der Waals surface area contributed by atoms with Crippen molar-refractivity contribution in [2.24, 2.45) is 17.8 Å². The normalized spacial score (nSPS) is 21.6. The van der Waals surface area contributed by atoms with E-state index in [1.54, 1.807) is 12.4 Å². The van der Waals surface area contributed by atoms with Crippen molar-refractivity contribution in [2.45, 2.75) is 12.8 Å². The Kier molecular flexibility index (Phi) is 4.66. The van der Waals surface area contributed by atoms with E-state index < -0.39 is 0 Å². The molecular weight excluding hydrogens is 444 g/mol. The standard InChI is InChI=1S/C26H26N6O3/c1-27-24-19-8-28-23(31-25(33)14-2-3-14)7-18(19)20(9-29-24)26-30-21-6-17(4-5-22(21)35-26)32-10-15-12-34-13-16(15)11-32/h4-9,14-16H,2-3,10-13H2,1H3,(H,27,29)(H,28,31,33)/t15-,16+. The molecule has 3 aromatic heterocycles. The Hall–Kier alpha value is -3.72. The van der Waals surface area contributed by atoms with Gasteiger partial charge in [0.2, 0.25) is 11.8 Å². The van der Waals surface area contributed by atoms with Crippen molar-refractivity contribution in [1.82, 2.24) is 15.0 Å². The van der Waals surface area contributed by atoms with E-state index in [9.17, 15) is 4.79 Å². The Morgan fingerprint density at radius 2 is 1.89 bits per heavy atom. The van der Waals surface area contributed by atoms with E-state index in [0.717, 1.165) is 72.3 Å². The van der Waals surface area contributed by atoms with Gasteiger partial charge in [-0.3, -0.25) is 4.79 Å². The SMILES string of the molecule is CNc1ncc(-c2nc3cc(N4C[C@H]5COC[C@H]5C4)ccc3o2)c2cc(NC(=O)C3CC3)ncc12. The average Bonchev–Trinajstić information content (AvgIpc) is 3.29. The molecule has 3 fully saturated rings. The summed E-state index contributed by atoms with van der Waals surface area (Å²) in [7, 11) is 1.82. The molecule has 1 aromatic carbocycles. The van der Waals surface area contributed by atoms with E-state index in [0.29, 0.717) is 29.4 Å². The zero-order valence-electron chi connectivity index (χ0n) is 19.5. The molecule has 5 heterocycles. The first-order valence-corrected chi connectivity index (χ1v) is 12.2. The topological polar surface area (TPSA) is 105 Å². The molecule has 1 amide bonds. The Labute approximate surface area is 201 Å². The number of fused-ring (bicyclic) bond motifs is 3. The van der Waals surface area contributed by atoms with E-state index in [2.05, 4.69) is 37.6 Å². The minimum Gasteiger partial charge on any atom is -0.436 e. The van der Waals surface area contributed by atoms with Crippen molar-refractivity contribution in [1.29, 1.82) is 0 Å². The van der Waals surface area contributed by atoms with Gasteiger partial charge in [0.1, 0.15) is 17.2 Å². The van der Waals surface area contributed by atoms with Gasteiger partial charge in [0, 0.05) is 66.7 Å². The van der Waals surface area contributed by atoms with E-state index in [1.165, 1.54) is 0 Å². The van der Waals surface area contributed by atoms with E-state index >= 15 is 0 Å². The molecule has 4 aromatic rings. The third-order valence-electron chi connectivity index (χ3n) is 7.42. The molecule has 2 N–H and O–H groups in total. The fourth-order valence-electron chi connectivity index (χ4n) is 5.27. The van der Waals surface area contributed by atoms with Crippen LogP contribution in [-0.2, 0) is 9.53 Å². The second-order valence-corrected chi connectivity index (χ2v) is 9.78. The number of oxazole rings is 1. The third kappa shape index (κ3) is 3.58. The molecule has 0 bridgehead atoms. The first-order valence-electron chi connectivity index (χ1n) is 12.2. The average molecular weight is 471 g/mol. The Balaban J connectivity index is 1.26. The predicted octanol–water partition coefficient (Wildman–Crippen LogP) is 3.91. The summed E-state index contributed by atoms with van der Waals surface area (Å²) in [6.45, 7) is 3.75. The smallest absolute Gasteiger partial charge is 0.229 e. The summed E-state index contributed by atoms with van der Waals surface area (Å²) >= 11 is 0. The number of hydrogen-bond acceptors (Lipinski definition) is 8. The summed E-state index contributed by atoms with van der Waals surface area (Å²) in [5, 5.41) is 7.75. The zero-order valence-corrected chi connectivity index (χ0v) is 19.5. The summed E-state index contributed by atoms with van der Waals surface area (Å²) in [4.78, 5) is 28.6. The minimum absolute atomic E-state index is 0.0216. The highest BCUT2D eigenvalue weighted by Gasteiger charge is 2.37. The summed E-state index contributed by atoms with van der Waals surface area (Å²) in [6, 6.07) is 8.07. The van der Waals surface area contributed by atoms with Gasteiger partial charge in [0.15, 0.2) is 5.58 Å². The second kappa shape index (κ2) is 7.91. The van der Waals surface area contributed by atoms with Crippen LogP contribution in [0.2, 0.25) is 0 Å². The van der Waals surface area contributed by atoms with Gasteiger partial charge in [0.05, 0.1) is 18.8 Å².